The van der Waals surface area contributed by atoms with E-state index in [9.17, 15) is 0 Å². The molecule has 0 saturated carbocycles. The molecule has 1 aliphatic rings. The number of unbranched alkanes of at least 4 members (excludes halogenated alkanes) is 1. The summed E-state index contributed by atoms with van der Waals surface area (Å²) in [5.41, 5.74) is 5.01. The lowest BCUT2D eigenvalue weighted by atomic mass is 10.1. The topological polar surface area (TPSA) is 31.9 Å². The van der Waals surface area contributed by atoms with E-state index in [4.69, 9.17) is 0 Å². The summed E-state index contributed by atoms with van der Waals surface area (Å²) in [4.78, 5) is 10.1. The molecule has 1 aromatic heterocycles. The van der Waals surface area contributed by atoms with E-state index in [2.05, 4.69) is 46.6 Å². The van der Waals surface area contributed by atoms with Gasteiger partial charge >= 0.3 is 0 Å². The van der Waals surface area contributed by atoms with E-state index in [0.717, 1.165) is 31.5 Å². The van der Waals surface area contributed by atoms with Crippen LogP contribution in [0.25, 0.3) is 0 Å². The van der Waals surface area contributed by atoms with Crippen molar-refractivity contribution in [1.29, 1.82) is 0 Å². The van der Waals surface area contributed by atoms with Crippen LogP contribution in [-0.2, 0) is 13.0 Å². The van der Waals surface area contributed by atoms with Crippen LogP contribution in [0.15, 0.2) is 42.4 Å². The first-order valence-corrected chi connectivity index (χ1v) is 7.49. The molecule has 1 aromatic rings. The Bertz CT molecular complexity index is 508. The van der Waals surface area contributed by atoms with E-state index in [0.29, 0.717) is 0 Å². The van der Waals surface area contributed by atoms with Crippen LogP contribution in [0.3, 0.4) is 0 Å². The van der Waals surface area contributed by atoms with E-state index >= 15 is 0 Å². The van der Waals surface area contributed by atoms with Gasteiger partial charge in [0, 0.05) is 18.7 Å². The molecule has 0 aliphatic carbocycles. The zero-order chi connectivity index (χ0) is 14.4. The zero-order valence-corrected chi connectivity index (χ0v) is 12.7. The highest BCUT2D eigenvalue weighted by molar-refractivity contribution is 5.22. The van der Waals surface area contributed by atoms with Gasteiger partial charge in [-0.2, -0.15) is 0 Å². The smallest absolute Gasteiger partial charge is 0.0925 e. The maximum Gasteiger partial charge on any atom is 0.0925 e. The van der Waals surface area contributed by atoms with Crippen LogP contribution >= 0.6 is 0 Å². The maximum atomic E-state index is 4.37. The first kappa shape index (κ1) is 14.6. The van der Waals surface area contributed by atoms with Gasteiger partial charge in [-0.05, 0) is 25.8 Å². The molecule has 3 heteroatoms. The Morgan fingerprint density at radius 3 is 3.15 bits per heavy atom. The molecule has 0 spiro atoms. The number of fused-ring (bicyclic) bond motifs is 1. The molecule has 108 valence electrons. The summed E-state index contributed by atoms with van der Waals surface area (Å²) in [6.07, 6.45) is 12.9. The number of H-pyrrole nitrogens is 1. The highest BCUT2D eigenvalue weighted by Crippen LogP contribution is 2.22. The zero-order valence-electron chi connectivity index (χ0n) is 12.7. The molecule has 0 amide bonds. The quantitative estimate of drug-likeness (QED) is 0.794. The average molecular weight is 271 g/mol. The van der Waals surface area contributed by atoms with Gasteiger partial charge in [0.25, 0.3) is 0 Å². The van der Waals surface area contributed by atoms with Gasteiger partial charge in [-0.1, -0.05) is 37.6 Å². The third-order valence-corrected chi connectivity index (χ3v) is 3.64. The predicted molar refractivity (Wildman–Crippen MR) is 84.3 cm³/mol. The minimum atomic E-state index is 0.950. The number of aromatic nitrogens is 2. The predicted octanol–water partition coefficient (Wildman–Crippen LogP) is 3.97. The minimum absolute atomic E-state index is 0.950. The van der Waals surface area contributed by atoms with Crippen LogP contribution < -0.4 is 0 Å². The fraction of sp³-hybridized carbons (Fsp3) is 0.471. The van der Waals surface area contributed by atoms with Crippen LogP contribution in [0.4, 0.5) is 0 Å². The molecule has 0 saturated heterocycles. The molecule has 0 unspecified atom stereocenters. The van der Waals surface area contributed by atoms with Crippen molar-refractivity contribution in [3.63, 3.8) is 0 Å². The summed E-state index contributed by atoms with van der Waals surface area (Å²) >= 11 is 0. The fourth-order valence-corrected chi connectivity index (χ4v) is 2.49. The Morgan fingerprint density at radius 1 is 1.55 bits per heavy atom. The number of imidazole rings is 1. The Morgan fingerprint density at radius 2 is 2.40 bits per heavy atom. The molecule has 1 N–H and O–H groups in total. The summed E-state index contributed by atoms with van der Waals surface area (Å²) in [7, 11) is 0. The Hall–Kier alpha value is -1.77. The van der Waals surface area contributed by atoms with Crippen molar-refractivity contribution in [2.24, 2.45) is 0 Å². The van der Waals surface area contributed by atoms with Gasteiger partial charge in [-0.25, -0.2) is 4.98 Å². The molecule has 1 aliphatic heterocycles. The van der Waals surface area contributed by atoms with E-state index < -0.39 is 0 Å². The first-order valence-electron chi connectivity index (χ1n) is 7.49. The van der Waals surface area contributed by atoms with Crippen LogP contribution in [0.1, 0.15) is 44.5 Å². The van der Waals surface area contributed by atoms with E-state index in [1.807, 2.05) is 13.3 Å². The van der Waals surface area contributed by atoms with Crippen LogP contribution in [0.5, 0.6) is 0 Å². The van der Waals surface area contributed by atoms with E-state index in [-0.39, 0.29) is 0 Å². The molecule has 0 atom stereocenters. The van der Waals surface area contributed by atoms with Crippen molar-refractivity contribution in [1.82, 2.24) is 14.9 Å². The molecule has 20 heavy (non-hydrogen) atoms. The van der Waals surface area contributed by atoms with Crippen LogP contribution in [0, 0.1) is 0 Å². The summed E-state index contributed by atoms with van der Waals surface area (Å²) in [6.45, 7) is 10.2. The van der Waals surface area contributed by atoms with E-state index in [1.54, 1.807) is 0 Å². The highest BCUT2D eigenvalue weighted by atomic mass is 15.2. The van der Waals surface area contributed by atoms with Crippen molar-refractivity contribution in [2.75, 3.05) is 6.54 Å². The molecule has 0 fully saturated rings. The SMILES string of the molecule is C=C(C)/C=C\C=C(/CCCC)N1CCc2nc[nH]c2C1. The van der Waals surface area contributed by atoms with Gasteiger partial charge in [-0.3, -0.25) is 0 Å². The first-order chi connectivity index (χ1) is 9.70. The van der Waals surface area contributed by atoms with Crippen molar-refractivity contribution in [3.05, 3.63) is 53.8 Å². The van der Waals surface area contributed by atoms with Gasteiger partial charge in [0.15, 0.2) is 0 Å². The summed E-state index contributed by atoms with van der Waals surface area (Å²) < 4.78 is 0. The molecule has 0 aromatic carbocycles. The number of nitrogens with one attached hydrogen (secondary N) is 1. The maximum absolute atomic E-state index is 4.37. The third kappa shape index (κ3) is 3.86. The number of rotatable bonds is 6. The Labute approximate surface area is 122 Å². The second kappa shape index (κ2) is 7.13. The summed E-state index contributed by atoms with van der Waals surface area (Å²) in [5.74, 6) is 0. The van der Waals surface area contributed by atoms with Crippen molar-refractivity contribution >= 4 is 0 Å². The Kier molecular flexibility index (Phi) is 5.22. The van der Waals surface area contributed by atoms with Crippen molar-refractivity contribution in [3.8, 4) is 0 Å². The molecular weight excluding hydrogens is 246 g/mol. The number of hydrogen-bond acceptors (Lipinski definition) is 2. The summed E-state index contributed by atoms with van der Waals surface area (Å²) in [6, 6.07) is 0. The lowest BCUT2D eigenvalue weighted by Gasteiger charge is -2.30. The lowest BCUT2D eigenvalue weighted by molar-refractivity contribution is 0.304. The molecule has 3 nitrogen and oxygen atoms in total. The molecule has 2 rings (SSSR count). The number of allylic oxidation sites excluding steroid dienone is 5. The van der Waals surface area contributed by atoms with Crippen molar-refractivity contribution in [2.45, 2.75) is 46.1 Å². The average Bonchev–Trinajstić information content (AvgIpc) is 2.89. The van der Waals surface area contributed by atoms with Gasteiger partial charge in [0.05, 0.1) is 24.3 Å². The van der Waals surface area contributed by atoms with Crippen molar-refractivity contribution < 1.29 is 0 Å². The normalized spacial score (nSPS) is 15.7. The van der Waals surface area contributed by atoms with Gasteiger partial charge in [-0.15, -0.1) is 0 Å². The fourth-order valence-electron chi connectivity index (χ4n) is 2.49. The highest BCUT2D eigenvalue weighted by Gasteiger charge is 2.19. The largest absolute Gasteiger partial charge is 0.369 e. The number of nitrogens with zero attached hydrogens (tertiary/aromatic N) is 2. The van der Waals surface area contributed by atoms with Gasteiger partial charge < -0.3 is 9.88 Å². The van der Waals surface area contributed by atoms with Gasteiger partial charge in [0.1, 0.15) is 0 Å². The third-order valence-electron chi connectivity index (χ3n) is 3.64. The van der Waals surface area contributed by atoms with E-state index in [1.165, 1.54) is 29.9 Å². The second-order valence-electron chi connectivity index (χ2n) is 5.47. The monoisotopic (exact) mass is 271 g/mol. The van der Waals surface area contributed by atoms with Gasteiger partial charge in [0.2, 0.25) is 0 Å². The second-order valence-corrected chi connectivity index (χ2v) is 5.47. The number of hydrogen-bond donors (Lipinski definition) is 1. The Balaban J connectivity index is 2.09. The lowest BCUT2D eigenvalue weighted by Crippen LogP contribution is -2.30. The standard InChI is InChI=1S/C17H25N3/c1-4-5-8-15(9-6-7-14(2)3)20-11-10-16-17(12-20)19-13-18-16/h6-7,9,13H,2,4-5,8,10-12H2,1,3H3,(H,18,19)/b7-6-,15-9+. The molecule has 0 bridgehead atoms. The minimum Gasteiger partial charge on any atom is -0.369 e. The molecule has 2 heterocycles. The van der Waals surface area contributed by atoms with Crippen LogP contribution in [-0.4, -0.2) is 21.4 Å². The number of aromatic amines is 1. The van der Waals surface area contributed by atoms with Crippen LogP contribution in [0.2, 0.25) is 0 Å². The molecule has 0 radical (unpaired) electrons. The summed E-state index contributed by atoms with van der Waals surface area (Å²) in [5, 5.41) is 0. The molecular formula is C17H25N3.